The average Bonchev–Trinajstić information content (AvgIpc) is 3.02. The molecule has 100 valence electrons. The van der Waals surface area contributed by atoms with Crippen molar-refractivity contribution in [1.29, 1.82) is 0 Å². The Hall–Kier alpha value is -1.63. The maximum absolute atomic E-state index is 11.7. The second-order valence-corrected chi connectivity index (χ2v) is 5.46. The highest BCUT2D eigenvalue weighted by atomic mass is 79.9. The fraction of sp³-hybridized carbons (Fsp3) is 0.417. The number of aromatic amines is 1. The van der Waals surface area contributed by atoms with E-state index >= 15 is 0 Å². The second kappa shape index (κ2) is 4.80. The third-order valence-corrected chi connectivity index (χ3v) is 3.83. The summed E-state index contributed by atoms with van der Waals surface area (Å²) in [6, 6.07) is 1.94. The van der Waals surface area contributed by atoms with Crippen molar-refractivity contribution in [2.75, 3.05) is 7.11 Å². The standard InChI is InChI=1S/C12H13BrN4O2/c1-19-12(18)7-2-3-10-15-16-11(17(10)6-7)9-4-8(13)5-14-9/h4-5,7,14H,2-3,6H2,1H3. The summed E-state index contributed by atoms with van der Waals surface area (Å²) in [6.07, 6.45) is 3.35. The van der Waals surface area contributed by atoms with Crippen LogP contribution in [0.3, 0.4) is 0 Å². The average molecular weight is 325 g/mol. The van der Waals surface area contributed by atoms with E-state index in [1.807, 2.05) is 16.8 Å². The van der Waals surface area contributed by atoms with E-state index in [1.165, 1.54) is 7.11 Å². The molecule has 1 aliphatic rings. The van der Waals surface area contributed by atoms with Gasteiger partial charge >= 0.3 is 5.97 Å². The molecule has 3 rings (SSSR count). The summed E-state index contributed by atoms with van der Waals surface area (Å²) in [7, 11) is 1.42. The van der Waals surface area contributed by atoms with Gasteiger partial charge in [0.05, 0.1) is 18.7 Å². The number of nitrogens with one attached hydrogen (secondary N) is 1. The summed E-state index contributed by atoms with van der Waals surface area (Å²) in [4.78, 5) is 14.8. The largest absolute Gasteiger partial charge is 0.469 e. The van der Waals surface area contributed by atoms with Gasteiger partial charge in [-0.05, 0) is 28.4 Å². The Morgan fingerprint density at radius 1 is 1.58 bits per heavy atom. The molecule has 3 heterocycles. The van der Waals surface area contributed by atoms with Crippen LogP contribution in [0.5, 0.6) is 0 Å². The molecule has 1 N–H and O–H groups in total. The Morgan fingerprint density at radius 2 is 2.42 bits per heavy atom. The molecule has 2 aromatic heterocycles. The Morgan fingerprint density at radius 3 is 3.11 bits per heavy atom. The molecule has 1 aliphatic heterocycles. The van der Waals surface area contributed by atoms with Gasteiger partial charge in [0, 0.05) is 23.6 Å². The number of H-pyrrole nitrogens is 1. The van der Waals surface area contributed by atoms with Gasteiger partial charge in [-0.3, -0.25) is 4.79 Å². The SMILES string of the molecule is COC(=O)C1CCc2nnc(-c3cc(Br)c[nH]3)n2C1. The lowest BCUT2D eigenvalue weighted by molar-refractivity contribution is -0.146. The number of fused-ring (bicyclic) bond motifs is 1. The molecule has 0 saturated heterocycles. The molecule has 19 heavy (non-hydrogen) atoms. The van der Waals surface area contributed by atoms with Crippen LogP contribution in [0.15, 0.2) is 16.7 Å². The van der Waals surface area contributed by atoms with Crippen molar-refractivity contribution >= 4 is 21.9 Å². The molecular weight excluding hydrogens is 312 g/mol. The van der Waals surface area contributed by atoms with Crippen LogP contribution in [0.1, 0.15) is 12.2 Å². The van der Waals surface area contributed by atoms with Crippen molar-refractivity contribution in [2.24, 2.45) is 5.92 Å². The third kappa shape index (κ3) is 2.18. The smallest absolute Gasteiger partial charge is 0.310 e. The Labute approximate surface area is 118 Å². The molecule has 2 aromatic rings. The van der Waals surface area contributed by atoms with Crippen LogP contribution >= 0.6 is 15.9 Å². The predicted octanol–water partition coefficient (Wildman–Crippen LogP) is 1.77. The normalized spacial score (nSPS) is 18.1. The molecule has 1 unspecified atom stereocenters. The van der Waals surface area contributed by atoms with Gasteiger partial charge in [-0.2, -0.15) is 0 Å². The van der Waals surface area contributed by atoms with E-state index in [-0.39, 0.29) is 11.9 Å². The Balaban J connectivity index is 1.94. The number of hydrogen-bond donors (Lipinski definition) is 1. The zero-order valence-electron chi connectivity index (χ0n) is 10.4. The van der Waals surface area contributed by atoms with Crippen LogP contribution in [0, 0.1) is 5.92 Å². The minimum Gasteiger partial charge on any atom is -0.469 e. The van der Waals surface area contributed by atoms with Crippen LogP contribution in [0.25, 0.3) is 11.5 Å². The maximum atomic E-state index is 11.7. The van der Waals surface area contributed by atoms with Crippen LogP contribution < -0.4 is 0 Å². The van der Waals surface area contributed by atoms with E-state index in [9.17, 15) is 4.79 Å². The summed E-state index contributed by atoms with van der Waals surface area (Å²) in [5, 5.41) is 8.40. The van der Waals surface area contributed by atoms with Gasteiger partial charge in [0.1, 0.15) is 5.82 Å². The first-order valence-corrected chi connectivity index (χ1v) is 6.82. The van der Waals surface area contributed by atoms with Gasteiger partial charge in [-0.25, -0.2) is 0 Å². The van der Waals surface area contributed by atoms with E-state index in [0.717, 1.165) is 34.7 Å². The number of halogens is 1. The number of hydrogen-bond acceptors (Lipinski definition) is 4. The molecule has 0 bridgehead atoms. The number of methoxy groups -OCH3 is 1. The number of carbonyl (C=O) groups is 1. The monoisotopic (exact) mass is 324 g/mol. The fourth-order valence-corrected chi connectivity index (χ4v) is 2.73. The summed E-state index contributed by atoms with van der Waals surface area (Å²) in [6.45, 7) is 0.570. The number of ether oxygens (including phenoxy) is 1. The van der Waals surface area contributed by atoms with Crippen LogP contribution in [0.2, 0.25) is 0 Å². The molecule has 7 heteroatoms. The molecule has 0 spiro atoms. The van der Waals surface area contributed by atoms with Crippen molar-refractivity contribution in [1.82, 2.24) is 19.7 Å². The predicted molar refractivity (Wildman–Crippen MR) is 71.3 cm³/mol. The van der Waals surface area contributed by atoms with Crippen LogP contribution in [-0.2, 0) is 22.5 Å². The van der Waals surface area contributed by atoms with Crippen molar-refractivity contribution < 1.29 is 9.53 Å². The number of aromatic nitrogens is 4. The summed E-state index contributed by atoms with van der Waals surface area (Å²) in [5.41, 5.74) is 0.885. The van der Waals surface area contributed by atoms with Crippen molar-refractivity contribution in [3.63, 3.8) is 0 Å². The molecule has 0 fully saturated rings. The Kier molecular flexibility index (Phi) is 3.14. The molecule has 0 aliphatic carbocycles. The van der Waals surface area contributed by atoms with E-state index in [1.54, 1.807) is 0 Å². The zero-order valence-corrected chi connectivity index (χ0v) is 12.0. The van der Waals surface area contributed by atoms with E-state index in [2.05, 4.69) is 31.1 Å². The molecule has 0 saturated carbocycles. The lowest BCUT2D eigenvalue weighted by Gasteiger charge is -2.22. The number of esters is 1. The summed E-state index contributed by atoms with van der Waals surface area (Å²) in [5.74, 6) is 1.39. The van der Waals surface area contributed by atoms with Crippen LogP contribution in [-0.4, -0.2) is 32.8 Å². The second-order valence-electron chi connectivity index (χ2n) is 4.54. The lowest BCUT2D eigenvalue weighted by Crippen LogP contribution is -2.28. The van der Waals surface area contributed by atoms with Crippen molar-refractivity contribution in [3.8, 4) is 11.5 Å². The highest BCUT2D eigenvalue weighted by Crippen LogP contribution is 2.27. The van der Waals surface area contributed by atoms with Gasteiger partial charge in [0.15, 0.2) is 5.82 Å². The van der Waals surface area contributed by atoms with Gasteiger partial charge in [0.2, 0.25) is 0 Å². The first-order chi connectivity index (χ1) is 9.19. The minimum atomic E-state index is -0.169. The third-order valence-electron chi connectivity index (χ3n) is 3.37. The number of aryl methyl sites for hydroxylation is 1. The number of nitrogens with zero attached hydrogens (tertiary/aromatic N) is 3. The topological polar surface area (TPSA) is 72.8 Å². The molecule has 0 radical (unpaired) electrons. The Bertz CT molecular complexity index is 619. The maximum Gasteiger partial charge on any atom is 0.310 e. The van der Waals surface area contributed by atoms with Gasteiger partial charge in [-0.1, -0.05) is 0 Å². The van der Waals surface area contributed by atoms with E-state index < -0.39 is 0 Å². The highest BCUT2D eigenvalue weighted by molar-refractivity contribution is 9.10. The van der Waals surface area contributed by atoms with Gasteiger partial charge in [-0.15, -0.1) is 10.2 Å². The lowest BCUT2D eigenvalue weighted by atomic mass is 9.99. The van der Waals surface area contributed by atoms with Crippen LogP contribution in [0.4, 0.5) is 0 Å². The zero-order chi connectivity index (χ0) is 13.4. The molecule has 0 aromatic carbocycles. The molecule has 0 amide bonds. The quantitative estimate of drug-likeness (QED) is 0.854. The van der Waals surface area contributed by atoms with Gasteiger partial charge < -0.3 is 14.3 Å². The fourth-order valence-electron chi connectivity index (χ4n) is 2.38. The molecule has 6 nitrogen and oxygen atoms in total. The molecular formula is C12H13BrN4O2. The first-order valence-electron chi connectivity index (χ1n) is 6.03. The van der Waals surface area contributed by atoms with Gasteiger partial charge in [0.25, 0.3) is 0 Å². The number of rotatable bonds is 2. The number of carbonyl (C=O) groups excluding carboxylic acids is 1. The summed E-state index contributed by atoms with van der Waals surface area (Å²) < 4.78 is 7.77. The molecule has 1 atom stereocenters. The van der Waals surface area contributed by atoms with Crippen molar-refractivity contribution in [2.45, 2.75) is 19.4 Å². The van der Waals surface area contributed by atoms with Crippen molar-refractivity contribution in [3.05, 3.63) is 22.6 Å². The first kappa shape index (κ1) is 12.4. The highest BCUT2D eigenvalue weighted by Gasteiger charge is 2.28. The minimum absolute atomic E-state index is 0.120. The van der Waals surface area contributed by atoms with E-state index in [4.69, 9.17) is 4.74 Å². The van der Waals surface area contributed by atoms with E-state index in [0.29, 0.717) is 6.54 Å². The summed E-state index contributed by atoms with van der Waals surface area (Å²) >= 11 is 3.40.